The van der Waals surface area contributed by atoms with Crippen LogP contribution in [0.25, 0.3) is 21.9 Å². The number of fused-ring (bicyclic) bond motifs is 6. The molecule has 2 bridgehead atoms. The van der Waals surface area contributed by atoms with E-state index in [0.717, 1.165) is 35.6 Å². The van der Waals surface area contributed by atoms with E-state index in [0.29, 0.717) is 19.4 Å². The van der Waals surface area contributed by atoms with Crippen molar-refractivity contribution in [3.05, 3.63) is 102 Å². The molecule has 3 aromatic carbocycles. The molecule has 2 saturated heterocycles. The number of pyridine rings is 1. The van der Waals surface area contributed by atoms with Crippen LogP contribution in [0.15, 0.2) is 85.2 Å². The van der Waals surface area contributed by atoms with Gasteiger partial charge in [0.25, 0.3) is 0 Å². The quantitative estimate of drug-likeness (QED) is 0.362. The van der Waals surface area contributed by atoms with Crippen LogP contribution in [0.1, 0.15) is 54.7 Å². The topological polar surface area (TPSA) is 62.7 Å². The third-order valence-electron chi connectivity index (χ3n) is 8.74. The van der Waals surface area contributed by atoms with Gasteiger partial charge >= 0.3 is 6.09 Å². The number of ether oxygens (including phenoxy) is 1. The summed E-state index contributed by atoms with van der Waals surface area (Å²) in [6.07, 6.45) is 7.25. The third-order valence-corrected chi connectivity index (χ3v) is 8.74. The molecule has 5 heteroatoms. The molecule has 1 aromatic heterocycles. The Morgan fingerprint density at radius 1 is 0.919 bits per heavy atom. The van der Waals surface area contributed by atoms with Gasteiger partial charge in [-0.05, 0) is 58.5 Å². The first-order valence-corrected chi connectivity index (χ1v) is 13.3. The Balaban J connectivity index is 1.13. The summed E-state index contributed by atoms with van der Waals surface area (Å²) in [5, 5.41) is 14.0. The lowest BCUT2D eigenvalue weighted by Gasteiger charge is -2.51. The van der Waals surface area contributed by atoms with Crippen molar-refractivity contribution < 1.29 is 14.6 Å². The number of carbonyl (C=O) groups is 1. The molecular weight excluding hydrogens is 460 g/mol. The molecule has 4 aromatic rings. The minimum atomic E-state index is -0.975. The first-order chi connectivity index (χ1) is 18.1. The zero-order chi connectivity index (χ0) is 25.0. The van der Waals surface area contributed by atoms with Crippen LogP contribution < -0.4 is 0 Å². The Morgan fingerprint density at radius 3 is 2.30 bits per heavy atom. The Hall–Kier alpha value is -3.70. The summed E-state index contributed by atoms with van der Waals surface area (Å²) < 4.78 is 6.06. The van der Waals surface area contributed by atoms with Crippen LogP contribution >= 0.6 is 0 Å². The van der Waals surface area contributed by atoms with E-state index in [4.69, 9.17) is 4.74 Å². The molecule has 37 heavy (non-hydrogen) atoms. The highest BCUT2D eigenvalue weighted by Gasteiger charge is 2.49. The molecule has 2 atom stereocenters. The lowest BCUT2D eigenvalue weighted by Crippen LogP contribution is -2.59. The van der Waals surface area contributed by atoms with Crippen molar-refractivity contribution in [1.82, 2.24) is 9.88 Å². The number of rotatable bonds is 3. The van der Waals surface area contributed by atoms with Crippen LogP contribution in [0.5, 0.6) is 0 Å². The molecule has 2 unspecified atom stereocenters. The Kier molecular flexibility index (Phi) is 5.29. The molecule has 3 heterocycles. The van der Waals surface area contributed by atoms with Crippen molar-refractivity contribution in [1.29, 1.82) is 0 Å². The second-order valence-corrected chi connectivity index (χ2v) is 10.8. The number of hydrogen-bond donors (Lipinski definition) is 1. The fraction of sp³-hybridized carbons (Fsp3) is 0.312. The summed E-state index contributed by atoms with van der Waals surface area (Å²) in [5.74, 6) is 0.0437. The van der Waals surface area contributed by atoms with Crippen LogP contribution in [-0.4, -0.2) is 39.8 Å². The van der Waals surface area contributed by atoms with Gasteiger partial charge in [-0.2, -0.15) is 0 Å². The Labute approximate surface area is 216 Å². The van der Waals surface area contributed by atoms with Gasteiger partial charge in [-0.3, -0.25) is 4.98 Å². The first-order valence-electron chi connectivity index (χ1n) is 13.3. The summed E-state index contributed by atoms with van der Waals surface area (Å²) in [4.78, 5) is 19.8. The number of hydrogen-bond acceptors (Lipinski definition) is 4. The van der Waals surface area contributed by atoms with E-state index in [1.54, 1.807) is 6.20 Å². The van der Waals surface area contributed by atoms with E-state index in [1.165, 1.54) is 22.3 Å². The van der Waals surface area contributed by atoms with Gasteiger partial charge in [0.15, 0.2) is 0 Å². The van der Waals surface area contributed by atoms with Crippen LogP contribution in [0, 0.1) is 0 Å². The maximum atomic E-state index is 13.6. The lowest BCUT2D eigenvalue weighted by molar-refractivity contribution is -0.0883. The van der Waals surface area contributed by atoms with Gasteiger partial charge in [0.1, 0.15) is 6.61 Å². The van der Waals surface area contributed by atoms with E-state index in [2.05, 4.69) is 53.5 Å². The van der Waals surface area contributed by atoms with E-state index in [1.807, 2.05) is 35.4 Å². The second kappa shape index (κ2) is 8.70. The van der Waals surface area contributed by atoms with Crippen LogP contribution in [0.2, 0.25) is 0 Å². The maximum Gasteiger partial charge on any atom is 0.410 e. The van der Waals surface area contributed by atoms with E-state index >= 15 is 0 Å². The van der Waals surface area contributed by atoms with Gasteiger partial charge in [0, 0.05) is 48.6 Å². The third kappa shape index (κ3) is 3.64. The number of amides is 1. The fourth-order valence-corrected chi connectivity index (χ4v) is 7.14. The molecule has 2 aliphatic heterocycles. The number of benzene rings is 3. The predicted molar refractivity (Wildman–Crippen MR) is 143 cm³/mol. The molecule has 0 saturated carbocycles. The molecule has 1 amide bonds. The van der Waals surface area contributed by atoms with Gasteiger partial charge in [0.05, 0.1) is 5.60 Å². The van der Waals surface area contributed by atoms with Crippen LogP contribution in [0.3, 0.4) is 0 Å². The fourth-order valence-electron chi connectivity index (χ4n) is 7.14. The number of aliphatic hydroxyl groups is 1. The second-order valence-electron chi connectivity index (χ2n) is 10.8. The number of nitrogens with zero attached hydrogens (tertiary/aromatic N) is 2. The van der Waals surface area contributed by atoms with Gasteiger partial charge in [-0.25, -0.2) is 4.79 Å². The minimum absolute atomic E-state index is 0.0368. The highest BCUT2D eigenvalue weighted by Crippen LogP contribution is 2.47. The van der Waals surface area contributed by atoms with Crippen molar-refractivity contribution in [3.63, 3.8) is 0 Å². The first kappa shape index (κ1) is 22.5. The number of piperidine rings is 2. The average molecular weight is 491 g/mol. The molecule has 0 spiro atoms. The Bertz CT molecular complexity index is 1430. The summed E-state index contributed by atoms with van der Waals surface area (Å²) in [7, 11) is 0. The monoisotopic (exact) mass is 490 g/mol. The Morgan fingerprint density at radius 2 is 1.59 bits per heavy atom. The van der Waals surface area contributed by atoms with Crippen molar-refractivity contribution >= 4 is 16.9 Å². The van der Waals surface area contributed by atoms with Gasteiger partial charge in [-0.1, -0.05) is 66.7 Å². The molecule has 1 aliphatic carbocycles. The summed E-state index contributed by atoms with van der Waals surface area (Å²) >= 11 is 0. The van der Waals surface area contributed by atoms with Gasteiger partial charge < -0.3 is 14.7 Å². The highest BCUT2D eigenvalue weighted by molar-refractivity contribution is 5.85. The van der Waals surface area contributed by atoms with Crippen LogP contribution in [0.4, 0.5) is 4.79 Å². The molecule has 186 valence electrons. The SMILES string of the molecule is O=C(OCC1c2ccccc2-c2ccccc21)N1C2CCCC1CC(O)(c1cccc3cnccc13)C2. The predicted octanol–water partition coefficient (Wildman–Crippen LogP) is 6.39. The largest absolute Gasteiger partial charge is 0.448 e. The van der Waals surface area contributed by atoms with Crippen molar-refractivity contribution in [2.75, 3.05) is 6.61 Å². The molecule has 0 radical (unpaired) electrons. The number of carbonyl (C=O) groups excluding carboxylic acids is 1. The van der Waals surface area contributed by atoms with E-state index in [-0.39, 0.29) is 24.1 Å². The summed E-state index contributed by atoms with van der Waals surface area (Å²) in [6, 6.07) is 24.8. The van der Waals surface area contributed by atoms with Crippen molar-refractivity contribution in [2.24, 2.45) is 0 Å². The summed E-state index contributed by atoms with van der Waals surface area (Å²) in [6.45, 7) is 0.323. The highest BCUT2D eigenvalue weighted by atomic mass is 16.6. The molecule has 2 fully saturated rings. The van der Waals surface area contributed by atoms with Gasteiger partial charge in [0.2, 0.25) is 0 Å². The standard InChI is InChI=1S/C32H30N2O3/c35-31(37-20-29-27-12-3-1-10-25(27)26-11-2-4-13-28(26)29)34-22-8-6-9-23(34)18-32(36,17-22)30-14-5-7-21-19-33-16-15-24(21)30/h1-5,7,10-16,19,22-23,29,36H,6,8-9,17-18,20H2. The molecule has 1 N–H and O–H groups in total. The smallest absolute Gasteiger partial charge is 0.410 e. The van der Waals surface area contributed by atoms with Gasteiger partial charge in [-0.15, -0.1) is 0 Å². The van der Waals surface area contributed by atoms with E-state index in [9.17, 15) is 9.90 Å². The van der Waals surface area contributed by atoms with Crippen molar-refractivity contribution in [3.8, 4) is 11.1 Å². The normalized spacial score (nSPS) is 24.5. The molecule has 7 rings (SSSR count). The van der Waals surface area contributed by atoms with Crippen molar-refractivity contribution in [2.45, 2.75) is 55.7 Å². The van der Waals surface area contributed by atoms with Crippen LogP contribution in [-0.2, 0) is 10.3 Å². The molecular formula is C32H30N2O3. The summed E-state index contributed by atoms with van der Waals surface area (Å²) in [5.41, 5.74) is 4.85. The maximum absolute atomic E-state index is 13.6. The lowest BCUT2D eigenvalue weighted by atomic mass is 9.72. The number of aromatic nitrogens is 1. The zero-order valence-corrected chi connectivity index (χ0v) is 20.7. The minimum Gasteiger partial charge on any atom is -0.448 e. The average Bonchev–Trinajstić information content (AvgIpc) is 3.24. The van der Waals surface area contributed by atoms with E-state index < -0.39 is 5.60 Å². The molecule has 3 aliphatic rings. The molecule has 5 nitrogen and oxygen atoms in total. The zero-order valence-electron chi connectivity index (χ0n) is 20.7.